The second-order valence-electron chi connectivity index (χ2n) is 3.72. The first-order chi connectivity index (χ1) is 9.49. The van der Waals surface area contributed by atoms with Gasteiger partial charge >= 0.3 is 0 Å². The van der Waals surface area contributed by atoms with Crippen molar-refractivity contribution in [2.24, 2.45) is 0 Å². The topological polar surface area (TPSA) is 85.1 Å². The number of nitrogens with zero attached hydrogens (tertiary/aromatic N) is 2. The van der Waals surface area contributed by atoms with Crippen LogP contribution in [0.3, 0.4) is 0 Å². The van der Waals surface area contributed by atoms with Crippen molar-refractivity contribution in [2.45, 2.75) is 0 Å². The smallest absolute Gasteiger partial charge is 0.288 e. The van der Waals surface area contributed by atoms with Crippen LogP contribution < -0.4 is 5.32 Å². The number of hydrogen-bond acceptors (Lipinski definition) is 4. The molecule has 0 fully saturated rings. The molecule has 1 heterocycles. The number of nitrogens with one attached hydrogen (secondary N) is 1. The minimum atomic E-state index is -0.640. The van der Waals surface area contributed by atoms with Gasteiger partial charge in [-0.15, -0.1) is 0 Å². The molecule has 8 heteroatoms. The molecule has 1 aromatic heterocycles. The van der Waals surface area contributed by atoms with Gasteiger partial charge in [-0.3, -0.25) is 14.9 Å². The lowest BCUT2D eigenvalue weighted by atomic mass is 10.2. The van der Waals surface area contributed by atoms with E-state index in [2.05, 4.69) is 26.2 Å². The molecule has 0 saturated heterocycles. The maximum absolute atomic E-state index is 12.0. The number of amides is 1. The highest BCUT2D eigenvalue weighted by atomic mass is 79.9. The third kappa shape index (κ3) is 3.12. The summed E-state index contributed by atoms with van der Waals surface area (Å²) >= 11 is 8.88. The van der Waals surface area contributed by atoms with Crippen LogP contribution in [0.2, 0.25) is 5.02 Å². The van der Waals surface area contributed by atoms with Crippen LogP contribution in [-0.4, -0.2) is 15.8 Å². The summed E-state index contributed by atoms with van der Waals surface area (Å²) in [6, 6.07) is 7.16. The molecule has 102 valence electrons. The summed E-state index contributed by atoms with van der Waals surface area (Å²) in [5, 5.41) is 13.4. The number of halogens is 2. The minimum absolute atomic E-state index is 0.0193. The summed E-state index contributed by atoms with van der Waals surface area (Å²) < 4.78 is 0.469. The molecule has 0 unspecified atom stereocenters. The van der Waals surface area contributed by atoms with Gasteiger partial charge in [0.05, 0.1) is 10.6 Å². The van der Waals surface area contributed by atoms with Gasteiger partial charge in [0.1, 0.15) is 9.63 Å². The Morgan fingerprint density at radius 3 is 2.80 bits per heavy atom. The van der Waals surface area contributed by atoms with Gasteiger partial charge in [-0.1, -0.05) is 11.6 Å². The van der Waals surface area contributed by atoms with Crippen LogP contribution >= 0.6 is 27.5 Å². The van der Waals surface area contributed by atoms with Gasteiger partial charge in [-0.25, -0.2) is 4.98 Å². The average molecular weight is 357 g/mol. The Morgan fingerprint density at radius 1 is 1.40 bits per heavy atom. The van der Waals surface area contributed by atoms with Crippen molar-refractivity contribution < 1.29 is 9.72 Å². The number of nitro benzene ring substituents is 1. The van der Waals surface area contributed by atoms with E-state index in [0.29, 0.717) is 10.3 Å². The van der Waals surface area contributed by atoms with Crippen molar-refractivity contribution in [1.29, 1.82) is 0 Å². The zero-order chi connectivity index (χ0) is 14.7. The number of aromatic nitrogens is 1. The van der Waals surface area contributed by atoms with Crippen LogP contribution in [0.1, 0.15) is 10.4 Å². The SMILES string of the molecule is O=C(Nc1cccnc1Br)c1ccc(Cl)c([N+](=O)[O-])c1. The molecule has 0 radical (unpaired) electrons. The summed E-state index contributed by atoms with van der Waals surface area (Å²) in [5.74, 6) is -0.488. The fourth-order valence-electron chi connectivity index (χ4n) is 1.47. The Labute approximate surface area is 127 Å². The van der Waals surface area contributed by atoms with E-state index in [1.54, 1.807) is 18.3 Å². The van der Waals surface area contributed by atoms with Gasteiger partial charge in [0, 0.05) is 17.8 Å². The number of rotatable bonds is 3. The normalized spacial score (nSPS) is 10.1. The summed E-state index contributed by atoms with van der Waals surface area (Å²) in [6.45, 7) is 0. The van der Waals surface area contributed by atoms with Gasteiger partial charge in [-0.05, 0) is 40.2 Å². The van der Waals surface area contributed by atoms with Crippen LogP contribution in [0.4, 0.5) is 11.4 Å². The Hall–Kier alpha value is -1.99. The molecule has 0 bridgehead atoms. The molecule has 20 heavy (non-hydrogen) atoms. The van der Waals surface area contributed by atoms with E-state index in [4.69, 9.17) is 11.6 Å². The second kappa shape index (κ2) is 5.98. The Kier molecular flexibility index (Phi) is 4.31. The van der Waals surface area contributed by atoms with Gasteiger partial charge < -0.3 is 5.32 Å². The molecule has 0 aliphatic heterocycles. The molecule has 0 aliphatic carbocycles. The molecule has 0 atom stereocenters. The summed E-state index contributed by atoms with van der Waals surface area (Å²) in [7, 11) is 0. The van der Waals surface area contributed by atoms with E-state index in [0.717, 1.165) is 6.07 Å². The highest BCUT2D eigenvalue weighted by Gasteiger charge is 2.16. The van der Waals surface area contributed by atoms with Crippen LogP contribution in [-0.2, 0) is 0 Å². The van der Waals surface area contributed by atoms with Crippen molar-refractivity contribution in [1.82, 2.24) is 4.98 Å². The van der Waals surface area contributed by atoms with Gasteiger partial charge in [-0.2, -0.15) is 0 Å². The fourth-order valence-corrected chi connectivity index (χ4v) is 2.00. The lowest BCUT2D eigenvalue weighted by Gasteiger charge is -2.06. The molecule has 1 amide bonds. The molecule has 2 rings (SSSR count). The largest absolute Gasteiger partial charge is 0.320 e. The van der Waals surface area contributed by atoms with Crippen LogP contribution in [0.5, 0.6) is 0 Å². The maximum Gasteiger partial charge on any atom is 0.288 e. The molecule has 1 aromatic carbocycles. The van der Waals surface area contributed by atoms with E-state index >= 15 is 0 Å². The number of pyridine rings is 1. The zero-order valence-corrected chi connectivity index (χ0v) is 12.2. The molecule has 0 aliphatic rings. The van der Waals surface area contributed by atoms with E-state index in [1.807, 2.05) is 0 Å². The first kappa shape index (κ1) is 14.4. The van der Waals surface area contributed by atoms with Crippen LogP contribution in [0.15, 0.2) is 41.1 Å². The standard InChI is InChI=1S/C12H7BrClN3O3/c13-11-9(2-1-5-15-11)16-12(18)7-3-4-8(14)10(6-7)17(19)20/h1-6H,(H,16,18). The van der Waals surface area contributed by atoms with Gasteiger partial charge in [0.2, 0.25) is 0 Å². The highest BCUT2D eigenvalue weighted by Crippen LogP contribution is 2.26. The van der Waals surface area contributed by atoms with Crippen LogP contribution in [0, 0.1) is 10.1 Å². The molecule has 0 spiro atoms. The summed E-state index contributed by atoms with van der Waals surface area (Å²) in [4.78, 5) is 26.1. The summed E-state index contributed by atoms with van der Waals surface area (Å²) in [6.07, 6.45) is 1.56. The van der Waals surface area contributed by atoms with Crippen LogP contribution in [0.25, 0.3) is 0 Å². The van der Waals surface area contributed by atoms with Crippen molar-refractivity contribution in [3.05, 3.63) is 61.8 Å². The molecular weight excluding hydrogens is 350 g/mol. The minimum Gasteiger partial charge on any atom is -0.320 e. The molecular formula is C12H7BrClN3O3. The average Bonchev–Trinajstić information content (AvgIpc) is 2.41. The number of hydrogen-bond donors (Lipinski definition) is 1. The number of carbonyl (C=O) groups is 1. The molecule has 6 nitrogen and oxygen atoms in total. The second-order valence-corrected chi connectivity index (χ2v) is 4.88. The summed E-state index contributed by atoms with van der Waals surface area (Å²) in [5.41, 5.74) is 0.288. The highest BCUT2D eigenvalue weighted by molar-refractivity contribution is 9.10. The first-order valence-electron chi connectivity index (χ1n) is 5.35. The van der Waals surface area contributed by atoms with E-state index in [9.17, 15) is 14.9 Å². The Morgan fingerprint density at radius 2 is 2.15 bits per heavy atom. The number of anilines is 1. The third-order valence-corrected chi connectivity index (χ3v) is 3.36. The van der Waals surface area contributed by atoms with Gasteiger partial charge in [0.15, 0.2) is 0 Å². The predicted molar refractivity (Wildman–Crippen MR) is 78.0 cm³/mol. The van der Waals surface area contributed by atoms with Crippen molar-refractivity contribution >= 4 is 44.8 Å². The first-order valence-corrected chi connectivity index (χ1v) is 6.52. The molecule has 2 aromatic rings. The fraction of sp³-hybridized carbons (Fsp3) is 0. The van der Waals surface area contributed by atoms with Crippen molar-refractivity contribution in [3.8, 4) is 0 Å². The quantitative estimate of drug-likeness (QED) is 0.516. The number of nitro groups is 1. The van der Waals surface area contributed by atoms with Crippen molar-refractivity contribution in [2.75, 3.05) is 5.32 Å². The Balaban J connectivity index is 2.28. The predicted octanol–water partition coefficient (Wildman–Crippen LogP) is 3.66. The lowest BCUT2D eigenvalue weighted by molar-refractivity contribution is -0.384. The lowest BCUT2D eigenvalue weighted by Crippen LogP contribution is -2.12. The van der Waals surface area contributed by atoms with E-state index < -0.39 is 10.8 Å². The maximum atomic E-state index is 12.0. The molecule has 0 saturated carbocycles. The molecule has 1 N–H and O–H groups in total. The van der Waals surface area contributed by atoms with E-state index in [-0.39, 0.29) is 16.3 Å². The van der Waals surface area contributed by atoms with Crippen molar-refractivity contribution in [3.63, 3.8) is 0 Å². The number of benzene rings is 1. The number of carbonyl (C=O) groups excluding carboxylic acids is 1. The zero-order valence-electron chi connectivity index (χ0n) is 9.84. The monoisotopic (exact) mass is 355 g/mol. The van der Waals surface area contributed by atoms with E-state index in [1.165, 1.54) is 12.1 Å². The third-order valence-electron chi connectivity index (χ3n) is 2.41. The Bertz CT molecular complexity index is 693. The van der Waals surface area contributed by atoms with Gasteiger partial charge in [0.25, 0.3) is 11.6 Å².